The van der Waals surface area contributed by atoms with Crippen molar-refractivity contribution >= 4 is 18.0 Å². The number of alkyl carbamates (subject to hydrolysis) is 1. The van der Waals surface area contributed by atoms with Crippen LogP contribution in [0.1, 0.15) is 46.1 Å². The Morgan fingerprint density at radius 3 is 2.26 bits per heavy atom. The molecular weight excluding hydrogens is 350 g/mol. The van der Waals surface area contributed by atoms with Crippen LogP contribution in [0.3, 0.4) is 0 Å². The number of carbonyl (C=O) groups is 3. The third-order valence-electron chi connectivity index (χ3n) is 3.87. The number of carboxylic acids is 1. The summed E-state index contributed by atoms with van der Waals surface area (Å²) in [6.07, 6.45) is -0.236. The van der Waals surface area contributed by atoms with E-state index in [1.54, 1.807) is 52.0 Å². The molecule has 0 heterocycles. The van der Waals surface area contributed by atoms with Gasteiger partial charge in [-0.25, -0.2) is 4.79 Å². The molecule has 2 N–H and O–H groups in total. The van der Waals surface area contributed by atoms with E-state index in [-0.39, 0.29) is 32.4 Å². The van der Waals surface area contributed by atoms with Gasteiger partial charge >= 0.3 is 18.0 Å². The van der Waals surface area contributed by atoms with Gasteiger partial charge in [0.25, 0.3) is 0 Å². The summed E-state index contributed by atoms with van der Waals surface area (Å²) >= 11 is 0. The average molecular weight is 379 g/mol. The van der Waals surface area contributed by atoms with Crippen molar-refractivity contribution < 1.29 is 29.0 Å². The van der Waals surface area contributed by atoms with Crippen LogP contribution in [0.15, 0.2) is 30.3 Å². The first-order valence-corrected chi connectivity index (χ1v) is 9.02. The summed E-state index contributed by atoms with van der Waals surface area (Å²) in [6, 6.07) is 8.95. The van der Waals surface area contributed by atoms with Crippen LogP contribution in [-0.2, 0) is 25.5 Å². The van der Waals surface area contributed by atoms with Gasteiger partial charge in [-0.05, 0) is 52.5 Å². The predicted octanol–water partition coefficient (Wildman–Crippen LogP) is 3.17. The SMILES string of the molecule is CCOC(=O)[C@](CCCNC(=O)OC(C)(C)C)(Cc1ccccc1)C(=O)O. The van der Waals surface area contributed by atoms with Crippen molar-refractivity contribution in [1.29, 1.82) is 0 Å². The molecule has 150 valence electrons. The van der Waals surface area contributed by atoms with E-state index in [9.17, 15) is 19.5 Å². The molecule has 0 spiro atoms. The third kappa shape index (κ3) is 7.29. The fourth-order valence-electron chi connectivity index (χ4n) is 2.64. The summed E-state index contributed by atoms with van der Waals surface area (Å²) in [7, 11) is 0. The number of rotatable bonds is 9. The van der Waals surface area contributed by atoms with Gasteiger partial charge in [0.2, 0.25) is 0 Å². The van der Waals surface area contributed by atoms with Gasteiger partial charge in [0.1, 0.15) is 5.60 Å². The third-order valence-corrected chi connectivity index (χ3v) is 3.87. The quantitative estimate of drug-likeness (QED) is 0.388. The zero-order valence-corrected chi connectivity index (χ0v) is 16.4. The molecule has 1 atom stereocenters. The molecule has 0 radical (unpaired) electrons. The Kier molecular flexibility index (Phi) is 8.28. The highest BCUT2D eigenvalue weighted by molar-refractivity contribution is 5.99. The first kappa shape index (κ1) is 22.5. The zero-order chi connectivity index (χ0) is 20.5. The molecule has 0 aromatic heterocycles. The summed E-state index contributed by atoms with van der Waals surface area (Å²) in [5.41, 5.74) is -1.59. The lowest BCUT2D eigenvalue weighted by Gasteiger charge is -2.27. The maximum absolute atomic E-state index is 12.5. The van der Waals surface area contributed by atoms with Crippen molar-refractivity contribution in [2.75, 3.05) is 13.2 Å². The van der Waals surface area contributed by atoms with Crippen molar-refractivity contribution in [3.05, 3.63) is 35.9 Å². The number of esters is 1. The maximum atomic E-state index is 12.5. The van der Waals surface area contributed by atoms with Crippen LogP contribution in [0.25, 0.3) is 0 Å². The second-order valence-electron chi connectivity index (χ2n) is 7.30. The van der Waals surface area contributed by atoms with Gasteiger partial charge < -0.3 is 19.9 Å². The van der Waals surface area contributed by atoms with Gasteiger partial charge in [-0.3, -0.25) is 9.59 Å². The number of hydrogen-bond acceptors (Lipinski definition) is 5. The maximum Gasteiger partial charge on any atom is 0.407 e. The number of ether oxygens (including phenoxy) is 2. The Morgan fingerprint density at radius 2 is 1.74 bits per heavy atom. The average Bonchev–Trinajstić information content (AvgIpc) is 2.57. The molecule has 0 saturated carbocycles. The number of benzene rings is 1. The summed E-state index contributed by atoms with van der Waals surface area (Å²) in [4.78, 5) is 36.3. The van der Waals surface area contributed by atoms with E-state index in [4.69, 9.17) is 9.47 Å². The van der Waals surface area contributed by atoms with E-state index in [1.165, 1.54) is 0 Å². The lowest BCUT2D eigenvalue weighted by atomic mass is 9.77. The van der Waals surface area contributed by atoms with Crippen molar-refractivity contribution in [3.63, 3.8) is 0 Å². The van der Waals surface area contributed by atoms with E-state index in [0.717, 1.165) is 5.56 Å². The fraction of sp³-hybridized carbons (Fsp3) is 0.550. The second kappa shape index (κ2) is 9.94. The van der Waals surface area contributed by atoms with Gasteiger partial charge in [-0.1, -0.05) is 30.3 Å². The molecule has 7 heteroatoms. The smallest absolute Gasteiger partial charge is 0.407 e. The van der Waals surface area contributed by atoms with Crippen LogP contribution < -0.4 is 5.32 Å². The second-order valence-corrected chi connectivity index (χ2v) is 7.30. The molecule has 0 bridgehead atoms. The normalized spacial score (nSPS) is 13.3. The molecule has 0 saturated heterocycles. The molecule has 0 aliphatic heterocycles. The van der Waals surface area contributed by atoms with Crippen molar-refractivity contribution in [3.8, 4) is 0 Å². The van der Waals surface area contributed by atoms with Crippen LogP contribution in [0.4, 0.5) is 4.79 Å². The summed E-state index contributed by atoms with van der Waals surface area (Å²) in [5.74, 6) is -2.00. The van der Waals surface area contributed by atoms with Gasteiger partial charge in [0.15, 0.2) is 5.41 Å². The molecule has 27 heavy (non-hydrogen) atoms. The van der Waals surface area contributed by atoms with E-state index >= 15 is 0 Å². The van der Waals surface area contributed by atoms with Crippen LogP contribution in [0, 0.1) is 5.41 Å². The Bertz CT molecular complexity index is 638. The van der Waals surface area contributed by atoms with Gasteiger partial charge in [-0.2, -0.15) is 0 Å². The predicted molar refractivity (Wildman–Crippen MR) is 100 cm³/mol. The Hall–Kier alpha value is -2.57. The number of hydrogen-bond donors (Lipinski definition) is 2. The standard InChI is InChI=1S/C20H29NO6/c1-5-26-17(24)20(16(22)23,14-15-10-7-6-8-11-15)12-9-13-21-18(25)27-19(2,3)4/h6-8,10-11H,5,9,12-14H2,1-4H3,(H,21,25)(H,22,23)/t20-/m1/s1. The number of amides is 1. The molecular formula is C20H29NO6. The number of nitrogens with one attached hydrogen (secondary N) is 1. The van der Waals surface area contributed by atoms with Crippen molar-refractivity contribution in [2.45, 2.75) is 52.6 Å². The zero-order valence-electron chi connectivity index (χ0n) is 16.4. The van der Waals surface area contributed by atoms with E-state index in [0.29, 0.717) is 0 Å². The Morgan fingerprint density at radius 1 is 1.11 bits per heavy atom. The van der Waals surface area contributed by atoms with Crippen LogP contribution >= 0.6 is 0 Å². The lowest BCUT2D eigenvalue weighted by Crippen LogP contribution is -2.43. The minimum Gasteiger partial charge on any atom is -0.480 e. The lowest BCUT2D eigenvalue weighted by molar-refractivity contribution is -0.169. The highest BCUT2D eigenvalue weighted by Gasteiger charge is 2.47. The molecule has 0 aliphatic carbocycles. The van der Waals surface area contributed by atoms with Gasteiger partial charge in [0, 0.05) is 6.54 Å². The molecule has 1 aromatic carbocycles. The minimum atomic E-state index is -1.70. The molecule has 1 rings (SSSR count). The molecule has 7 nitrogen and oxygen atoms in total. The first-order chi connectivity index (χ1) is 12.6. The van der Waals surface area contributed by atoms with Crippen molar-refractivity contribution in [1.82, 2.24) is 5.32 Å². The minimum absolute atomic E-state index is 0.0223. The topological polar surface area (TPSA) is 102 Å². The van der Waals surface area contributed by atoms with Crippen LogP contribution in [0.2, 0.25) is 0 Å². The summed E-state index contributed by atoms with van der Waals surface area (Å²) < 4.78 is 10.2. The van der Waals surface area contributed by atoms with E-state index in [1.807, 2.05) is 6.07 Å². The molecule has 1 aromatic rings. The number of aliphatic carboxylic acids is 1. The molecule has 1 amide bonds. The molecule has 0 aliphatic rings. The van der Waals surface area contributed by atoms with E-state index in [2.05, 4.69) is 5.32 Å². The fourth-order valence-corrected chi connectivity index (χ4v) is 2.64. The Balaban J connectivity index is 2.83. The highest BCUT2D eigenvalue weighted by atomic mass is 16.6. The first-order valence-electron chi connectivity index (χ1n) is 9.02. The van der Waals surface area contributed by atoms with Crippen LogP contribution in [-0.4, -0.2) is 41.9 Å². The number of carboxylic acid groups (broad SMARTS) is 1. The molecule has 0 unspecified atom stereocenters. The Labute approximate surface area is 160 Å². The monoisotopic (exact) mass is 379 g/mol. The van der Waals surface area contributed by atoms with E-state index < -0.39 is 29.0 Å². The largest absolute Gasteiger partial charge is 0.480 e. The number of carbonyl (C=O) groups excluding carboxylic acids is 2. The summed E-state index contributed by atoms with van der Waals surface area (Å²) in [6.45, 7) is 7.18. The molecule has 0 fully saturated rings. The van der Waals surface area contributed by atoms with Crippen LogP contribution in [0.5, 0.6) is 0 Å². The van der Waals surface area contributed by atoms with Gasteiger partial charge in [-0.15, -0.1) is 0 Å². The van der Waals surface area contributed by atoms with Gasteiger partial charge in [0.05, 0.1) is 6.61 Å². The summed E-state index contributed by atoms with van der Waals surface area (Å²) in [5, 5.41) is 12.4. The van der Waals surface area contributed by atoms with Crippen molar-refractivity contribution in [2.24, 2.45) is 5.41 Å². The highest BCUT2D eigenvalue weighted by Crippen LogP contribution is 2.31.